The number of sulfone groups is 1. The van der Waals surface area contributed by atoms with Crippen LogP contribution in [0.4, 0.5) is 5.69 Å². The summed E-state index contributed by atoms with van der Waals surface area (Å²) in [7, 11) is 2.22. The smallest absolute Gasteiger partial charge is 0.191 e. The Morgan fingerprint density at radius 1 is 0.923 bits per heavy atom. The van der Waals surface area contributed by atoms with E-state index >= 15 is 0 Å². The van der Waals surface area contributed by atoms with Crippen LogP contribution in [0.1, 0.15) is 22.1 Å². The monoisotopic (exact) mass is 368 g/mol. The quantitative estimate of drug-likeness (QED) is 0.684. The molecule has 1 aromatic heterocycles. The van der Waals surface area contributed by atoms with E-state index < -0.39 is 15.1 Å². The molecule has 0 bridgehead atoms. The largest absolute Gasteiger partial charge is 0.378 e. The molecule has 0 radical (unpaired) electrons. The molecule has 0 aliphatic heterocycles. The maximum atomic E-state index is 13.5. The van der Waals surface area contributed by atoms with Crippen molar-refractivity contribution >= 4 is 15.5 Å². The van der Waals surface area contributed by atoms with Crippen molar-refractivity contribution in [2.24, 2.45) is 7.05 Å². The summed E-state index contributed by atoms with van der Waals surface area (Å²) in [6.45, 7) is 1.95. The standard InChI is InChI=1S/C21H24N2O2S/c1-16-7-13-19(14-8-16)26(24,25)21(20-6-5-15-23(20)4)17-9-11-18(12-10-17)22(2)3/h5-15,21H,1-4H3. The second kappa shape index (κ2) is 7.00. The highest BCUT2D eigenvalue weighted by Gasteiger charge is 2.32. The fraction of sp³-hybridized carbons (Fsp3) is 0.238. The SMILES string of the molecule is Cc1ccc(S(=O)(=O)C(c2ccc(N(C)C)cc2)c2cccn2C)cc1. The molecule has 0 amide bonds. The zero-order valence-electron chi connectivity index (χ0n) is 15.5. The Balaban J connectivity index is 2.15. The molecule has 1 unspecified atom stereocenters. The Morgan fingerprint density at radius 2 is 1.54 bits per heavy atom. The molecular formula is C21H24N2O2S. The molecule has 0 spiro atoms. The Kier molecular flexibility index (Phi) is 4.92. The Morgan fingerprint density at radius 3 is 2.04 bits per heavy atom. The summed E-state index contributed by atoms with van der Waals surface area (Å²) in [5, 5.41) is -0.749. The van der Waals surface area contributed by atoms with Crippen LogP contribution in [0.5, 0.6) is 0 Å². The van der Waals surface area contributed by atoms with E-state index in [1.165, 1.54) is 0 Å². The van der Waals surface area contributed by atoms with Crippen LogP contribution in [0.3, 0.4) is 0 Å². The van der Waals surface area contributed by atoms with Gasteiger partial charge in [-0.2, -0.15) is 0 Å². The van der Waals surface area contributed by atoms with E-state index in [0.717, 1.165) is 22.5 Å². The van der Waals surface area contributed by atoms with Crippen molar-refractivity contribution in [2.75, 3.05) is 19.0 Å². The fourth-order valence-corrected chi connectivity index (χ4v) is 4.93. The van der Waals surface area contributed by atoms with E-state index in [1.54, 1.807) is 12.1 Å². The first-order valence-corrected chi connectivity index (χ1v) is 10.0. The van der Waals surface area contributed by atoms with Gasteiger partial charge in [0.05, 0.1) is 4.90 Å². The van der Waals surface area contributed by atoms with E-state index in [4.69, 9.17) is 0 Å². The van der Waals surface area contributed by atoms with Gasteiger partial charge < -0.3 is 9.47 Å². The molecule has 4 nitrogen and oxygen atoms in total. The highest BCUT2D eigenvalue weighted by Crippen LogP contribution is 2.35. The lowest BCUT2D eigenvalue weighted by molar-refractivity contribution is 0.586. The molecule has 0 fully saturated rings. The van der Waals surface area contributed by atoms with Crippen LogP contribution in [-0.2, 0) is 16.9 Å². The van der Waals surface area contributed by atoms with Crippen LogP contribution in [0.2, 0.25) is 0 Å². The summed E-state index contributed by atoms with van der Waals surface area (Å²) >= 11 is 0. The van der Waals surface area contributed by atoms with Crippen LogP contribution < -0.4 is 4.90 Å². The van der Waals surface area contributed by atoms with Crippen molar-refractivity contribution in [1.82, 2.24) is 4.57 Å². The topological polar surface area (TPSA) is 42.3 Å². The average molecular weight is 369 g/mol. The van der Waals surface area contributed by atoms with Gasteiger partial charge in [-0.3, -0.25) is 0 Å². The average Bonchev–Trinajstić information content (AvgIpc) is 3.01. The van der Waals surface area contributed by atoms with Gasteiger partial charge in [-0.05, 0) is 48.9 Å². The minimum absolute atomic E-state index is 0.339. The summed E-state index contributed by atoms with van der Waals surface area (Å²) in [6, 6.07) is 18.5. The maximum Gasteiger partial charge on any atom is 0.191 e. The predicted octanol–water partition coefficient (Wildman–Crippen LogP) is 3.96. The number of rotatable bonds is 5. The molecule has 0 saturated heterocycles. The van der Waals surface area contributed by atoms with Crippen LogP contribution in [0, 0.1) is 6.92 Å². The summed E-state index contributed by atoms with van der Waals surface area (Å²) in [5.41, 5.74) is 3.59. The molecule has 1 atom stereocenters. The normalized spacial score (nSPS) is 12.8. The van der Waals surface area contributed by atoms with Crippen LogP contribution in [0.25, 0.3) is 0 Å². The van der Waals surface area contributed by atoms with Gasteiger partial charge in [0, 0.05) is 38.7 Å². The molecule has 26 heavy (non-hydrogen) atoms. The maximum absolute atomic E-state index is 13.5. The van der Waals surface area contributed by atoms with Gasteiger partial charge in [0.2, 0.25) is 0 Å². The van der Waals surface area contributed by atoms with E-state index in [0.29, 0.717) is 4.90 Å². The van der Waals surface area contributed by atoms with Crippen LogP contribution in [-0.4, -0.2) is 27.1 Å². The van der Waals surface area contributed by atoms with Crippen molar-refractivity contribution in [3.8, 4) is 0 Å². The summed E-state index contributed by atoms with van der Waals surface area (Å²) in [6.07, 6.45) is 1.88. The molecule has 3 aromatic rings. The van der Waals surface area contributed by atoms with E-state index in [9.17, 15) is 8.42 Å². The van der Waals surface area contributed by atoms with E-state index in [2.05, 4.69) is 0 Å². The van der Waals surface area contributed by atoms with E-state index in [-0.39, 0.29) is 0 Å². The molecule has 0 saturated carbocycles. The van der Waals surface area contributed by atoms with Gasteiger partial charge in [-0.25, -0.2) is 8.42 Å². The Hall–Kier alpha value is -2.53. The molecule has 5 heteroatoms. The molecule has 0 N–H and O–H groups in total. The zero-order chi connectivity index (χ0) is 18.9. The molecule has 1 heterocycles. The zero-order valence-corrected chi connectivity index (χ0v) is 16.4. The number of benzene rings is 2. The molecule has 0 aliphatic carbocycles. The first-order valence-electron chi connectivity index (χ1n) is 8.50. The van der Waals surface area contributed by atoms with Gasteiger partial charge in [0.15, 0.2) is 9.84 Å². The third-order valence-corrected chi connectivity index (χ3v) is 6.69. The Labute approximate surface area is 155 Å². The Bertz CT molecular complexity index is 985. The number of hydrogen-bond donors (Lipinski definition) is 0. The van der Waals surface area contributed by atoms with Gasteiger partial charge in [-0.1, -0.05) is 29.8 Å². The van der Waals surface area contributed by atoms with Crippen molar-refractivity contribution in [2.45, 2.75) is 17.1 Å². The number of aromatic nitrogens is 1. The summed E-state index contributed by atoms with van der Waals surface area (Å²) < 4.78 is 28.9. The highest BCUT2D eigenvalue weighted by atomic mass is 32.2. The number of hydrogen-bond acceptors (Lipinski definition) is 3. The molecule has 2 aromatic carbocycles. The van der Waals surface area contributed by atoms with Gasteiger partial charge >= 0.3 is 0 Å². The summed E-state index contributed by atoms with van der Waals surface area (Å²) in [5.74, 6) is 0. The fourth-order valence-electron chi connectivity index (χ4n) is 3.07. The van der Waals surface area contributed by atoms with Crippen molar-refractivity contribution in [3.05, 3.63) is 83.7 Å². The van der Waals surface area contributed by atoms with Crippen LogP contribution in [0.15, 0.2) is 71.8 Å². The minimum atomic E-state index is -3.58. The third kappa shape index (κ3) is 3.40. The predicted molar refractivity (Wildman–Crippen MR) is 106 cm³/mol. The van der Waals surface area contributed by atoms with Gasteiger partial charge in [-0.15, -0.1) is 0 Å². The van der Waals surface area contributed by atoms with Crippen molar-refractivity contribution in [1.29, 1.82) is 0 Å². The second-order valence-corrected chi connectivity index (χ2v) is 8.80. The lowest BCUT2D eigenvalue weighted by Gasteiger charge is -2.21. The third-order valence-electron chi connectivity index (χ3n) is 4.62. The minimum Gasteiger partial charge on any atom is -0.378 e. The van der Waals surface area contributed by atoms with Crippen molar-refractivity contribution < 1.29 is 8.42 Å². The summed E-state index contributed by atoms with van der Waals surface area (Å²) in [4.78, 5) is 2.33. The molecule has 136 valence electrons. The highest BCUT2D eigenvalue weighted by molar-refractivity contribution is 7.91. The first-order chi connectivity index (χ1) is 12.3. The first kappa shape index (κ1) is 18.3. The number of aryl methyl sites for hydroxylation is 2. The number of nitrogens with zero attached hydrogens (tertiary/aromatic N) is 2. The van der Waals surface area contributed by atoms with E-state index in [1.807, 2.05) is 92.3 Å². The van der Waals surface area contributed by atoms with Crippen molar-refractivity contribution in [3.63, 3.8) is 0 Å². The molecule has 3 rings (SSSR count). The van der Waals surface area contributed by atoms with Gasteiger partial charge in [0.1, 0.15) is 5.25 Å². The molecular weight excluding hydrogens is 344 g/mol. The van der Waals surface area contributed by atoms with Gasteiger partial charge in [0.25, 0.3) is 0 Å². The lowest BCUT2D eigenvalue weighted by atomic mass is 10.1. The molecule has 0 aliphatic rings. The lowest BCUT2D eigenvalue weighted by Crippen LogP contribution is -2.18. The second-order valence-electron chi connectivity index (χ2n) is 6.77. The number of anilines is 1. The van der Waals surface area contributed by atoms with Crippen LogP contribution >= 0.6 is 0 Å².